The number of carbonyl (C=O) groups is 1. The zero-order chi connectivity index (χ0) is 12.8. The van der Waals surface area contributed by atoms with Crippen LogP contribution in [-0.2, 0) is 14.3 Å². The largest absolute Gasteiger partial charge is 0.379 e. The molecule has 2 saturated heterocycles. The van der Waals surface area contributed by atoms with Crippen LogP contribution in [0.3, 0.4) is 0 Å². The minimum absolute atomic E-state index is 0.0468. The van der Waals surface area contributed by atoms with E-state index in [0.717, 1.165) is 32.4 Å². The highest BCUT2D eigenvalue weighted by Crippen LogP contribution is 2.16. The molecule has 104 valence electrons. The van der Waals surface area contributed by atoms with Crippen LogP contribution in [0.5, 0.6) is 0 Å². The van der Waals surface area contributed by atoms with Crippen molar-refractivity contribution in [2.24, 2.45) is 5.92 Å². The van der Waals surface area contributed by atoms with Gasteiger partial charge in [-0.15, -0.1) is 0 Å². The molecule has 0 aromatic rings. The maximum atomic E-state index is 12.0. The van der Waals surface area contributed by atoms with E-state index in [0.29, 0.717) is 25.9 Å². The molecule has 2 aliphatic rings. The highest BCUT2D eigenvalue weighted by atomic mass is 16.5. The number of carbonyl (C=O) groups excluding carboxylic acids is 1. The standard InChI is InChI=1S/C13H24N2O3/c1-2-14-12-9-17-8-11(12)13(16)15-6-5-10-4-3-7-18-10/h10-12,14H,2-9H2,1H3,(H,15,16). The van der Waals surface area contributed by atoms with Gasteiger partial charge in [0.25, 0.3) is 0 Å². The first-order chi connectivity index (χ1) is 8.81. The molecule has 3 unspecified atom stereocenters. The summed E-state index contributed by atoms with van der Waals surface area (Å²) < 4.78 is 10.9. The van der Waals surface area contributed by atoms with Crippen molar-refractivity contribution in [2.75, 3.05) is 32.9 Å². The summed E-state index contributed by atoms with van der Waals surface area (Å²) in [6.07, 6.45) is 3.54. The third kappa shape index (κ3) is 3.67. The third-order valence-electron chi connectivity index (χ3n) is 3.67. The summed E-state index contributed by atoms with van der Waals surface area (Å²) in [5, 5.41) is 6.30. The van der Waals surface area contributed by atoms with Crippen molar-refractivity contribution < 1.29 is 14.3 Å². The molecule has 0 aliphatic carbocycles. The molecule has 18 heavy (non-hydrogen) atoms. The molecule has 0 bridgehead atoms. The Morgan fingerprint density at radius 3 is 3.00 bits per heavy atom. The molecule has 3 atom stereocenters. The van der Waals surface area contributed by atoms with Crippen molar-refractivity contribution in [3.8, 4) is 0 Å². The molecule has 2 N–H and O–H groups in total. The van der Waals surface area contributed by atoms with E-state index in [4.69, 9.17) is 9.47 Å². The Hall–Kier alpha value is -0.650. The predicted molar refractivity (Wildman–Crippen MR) is 68.4 cm³/mol. The predicted octanol–water partition coefficient (Wildman–Crippen LogP) is 0.296. The van der Waals surface area contributed by atoms with Crippen LogP contribution in [0.4, 0.5) is 0 Å². The summed E-state index contributed by atoms with van der Waals surface area (Å²) in [4.78, 5) is 12.0. The van der Waals surface area contributed by atoms with E-state index >= 15 is 0 Å². The lowest BCUT2D eigenvalue weighted by atomic mass is 10.0. The number of amides is 1. The molecule has 0 spiro atoms. The number of hydrogen-bond acceptors (Lipinski definition) is 4. The minimum Gasteiger partial charge on any atom is -0.379 e. The molecule has 0 aromatic carbocycles. The van der Waals surface area contributed by atoms with E-state index in [1.54, 1.807) is 0 Å². The lowest BCUT2D eigenvalue weighted by Gasteiger charge is -2.18. The fourth-order valence-electron chi connectivity index (χ4n) is 2.64. The summed E-state index contributed by atoms with van der Waals surface area (Å²) in [5.74, 6) is 0.0610. The average molecular weight is 256 g/mol. The van der Waals surface area contributed by atoms with Crippen LogP contribution >= 0.6 is 0 Å². The van der Waals surface area contributed by atoms with Gasteiger partial charge >= 0.3 is 0 Å². The van der Waals surface area contributed by atoms with Gasteiger partial charge in [0.15, 0.2) is 0 Å². The SMILES string of the molecule is CCNC1COCC1C(=O)NCCC1CCCO1. The van der Waals surface area contributed by atoms with Crippen LogP contribution in [-0.4, -0.2) is 51.0 Å². The quantitative estimate of drug-likeness (QED) is 0.717. The average Bonchev–Trinajstić information content (AvgIpc) is 3.00. The first kappa shape index (κ1) is 13.8. The van der Waals surface area contributed by atoms with Crippen molar-refractivity contribution in [3.63, 3.8) is 0 Å². The van der Waals surface area contributed by atoms with Gasteiger partial charge in [-0.05, 0) is 25.8 Å². The topological polar surface area (TPSA) is 59.6 Å². The van der Waals surface area contributed by atoms with Crippen molar-refractivity contribution in [2.45, 2.75) is 38.3 Å². The van der Waals surface area contributed by atoms with Crippen LogP contribution in [0.2, 0.25) is 0 Å². The molecule has 5 nitrogen and oxygen atoms in total. The lowest BCUT2D eigenvalue weighted by Crippen LogP contribution is -2.44. The van der Waals surface area contributed by atoms with E-state index in [-0.39, 0.29) is 17.9 Å². The number of rotatable bonds is 6. The lowest BCUT2D eigenvalue weighted by molar-refractivity contribution is -0.125. The fourth-order valence-corrected chi connectivity index (χ4v) is 2.64. The first-order valence-electron chi connectivity index (χ1n) is 7.01. The zero-order valence-corrected chi connectivity index (χ0v) is 11.1. The molecule has 0 saturated carbocycles. The normalized spacial score (nSPS) is 31.7. The van der Waals surface area contributed by atoms with Gasteiger partial charge in [-0.3, -0.25) is 4.79 Å². The van der Waals surface area contributed by atoms with Gasteiger partial charge in [-0.25, -0.2) is 0 Å². The van der Waals surface area contributed by atoms with Gasteiger partial charge < -0.3 is 20.1 Å². The molecule has 2 heterocycles. The Labute approximate surface area is 109 Å². The summed E-state index contributed by atoms with van der Waals surface area (Å²) in [7, 11) is 0. The van der Waals surface area contributed by atoms with Gasteiger partial charge in [0.2, 0.25) is 5.91 Å². The first-order valence-corrected chi connectivity index (χ1v) is 7.01. The Morgan fingerprint density at radius 2 is 2.28 bits per heavy atom. The minimum atomic E-state index is -0.0468. The maximum absolute atomic E-state index is 12.0. The maximum Gasteiger partial charge on any atom is 0.227 e. The molecule has 0 radical (unpaired) electrons. The molecule has 2 rings (SSSR count). The second kappa shape index (κ2) is 7.07. The van der Waals surface area contributed by atoms with E-state index in [1.165, 1.54) is 0 Å². The molecule has 0 aromatic heterocycles. The van der Waals surface area contributed by atoms with E-state index in [2.05, 4.69) is 10.6 Å². The number of nitrogens with one attached hydrogen (secondary N) is 2. The molecule has 2 fully saturated rings. The van der Waals surface area contributed by atoms with E-state index in [9.17, 15) is 4.79 Å². The molecule has 1 amide bonds. The Morgan fingerprint density at radius 1 is 1.39 bits per heavy atom. The van der Waals surface area contributed by atoms with Crippen molar-refractivity contribution in [3.05, 3.63) is 0 Å². The van der Waals surface area contributed by atoms with E-state index < -0.39 is 0 Å². The Kier molecular flexibility index (Phi) is 5.41. The summed E-state index contributed by atoms with van der Waals surface area (Å²) in [6, 6.07) is 0.165. The number of likely N-dealkylation sites (N-methyl/N-ethyl adjacent to an activating group) is 1. The van der Waals surface area contributed by atoms with Gasteiger partial charge in [0.05, 0.1) is 25.2 Å². The van der Waals surface area contributed by atoms with Crippen LogP contribution in [0.15, 0.2) is 0 Å². The summed E-state index contributed by atoms with van der Waals surface area (Å²) in [5.41, 5.74) is 0. The summed E-state index contributed by atoms with van der Waals surface area (Å²) >= 11 is 0. The van der Waals surface area contributed by atoms with Crippen molar-refractivity contribution >= 4 is 5.91 Å². The smallest absolute Gasteiger partial charge is 0.227 e. The molecule has 5 heteroatoms. The second-order valence-corrected chi connectivity index (χ2v) is 5.02. The van der Waals surface area contributed by atoms with Crippen LogP contribution in [0.1, 0.15) is 26.2 Å². The number of hydrogen-bond donors (Lipinski definition) is 2. The fraction of sp³-hybridized carbons (Fsp3) is 0.923. The Bertz CT molecular complexity index is 267. The third-order valence-corrected chi connectivity index (χ3v) is 3.67. The molecular formula is C13H24N2O3. The van der Waals surface area contributed by atoms with Crippen LogP contribution in [0.25, 0.3) is 0 Å². The monoisotopic (exact) mass is 256 g/mol. The number of ether oxygens (including phenoxy) is 2. The second-order valence-electron chi connectivity index (χ2n) is 5.02. The van der Waals surface area contributed by atoms with E-state index in [1.807, 2.05) is 6.92 Å². The van der Waals surface area contributed by atoms with Crippen LogP contribution in [0, 0.1) is 5.92 Å². The van der Waals surface area contributed by atoms with Gasteiger partial charge in [0.1, 0.15) is 0 Å². The van der Waals surface area contributed by atoms with Crippen LogP contribution < -0.4 is 10.6 Å². The van der Waals surface area contributed by atoms with Crippen molar-refractivity contribution in [1.29, 1.82) is 0 Å². The van der Waals surface area contributed by atoms with Gasteiger partial charge in [-0.2, -0.15) is 0 Å². The molecule has 2 aliphatic heterocycles. The molecular weight excluding hydrogens is 232 g/mol. The van der Waals surface area contributed by atoms with Gasteiger partial charge in [-0.1, -0.05) is 6.92 Å². The highest BCUT2D eigenvalue weighted by Gasteiger charge is 2.33. The summed E-state index contributed by atoms with van der Waals surface area (Å²) in [6.45, 7) is 5.66. The zero-order valence-electron chi connectivity index (χ0n) is 11.1. The highest BCUT2D eigenvalue weighted by molar-refractivity contribution is 5.79. The Balaban J connectivity index is 1.66. The van der Waals surface area contributed by atoms with Gasteiger partial charge in [0, 0.05) is 19.2 Å². The van der Waals surface area contributed by atoms with Crippen molar-refractivity contribution in [1.82, 2.24) is 10.6 Å².